The van der Waals surface area contributed by atoms with Gasteiger partial charge in [0.1, 0.15) is 27.3 Å². The molecule has 0 bridgehead atoms. The van der Waals surface area contributed by atoms with E-state index in [0.717, 1.165) is 43.7 Å². The molecule has 0 aliphatic carbocycles. The largest absolute Gasteiger partial charge is 0.478 e. The molecule has 1 saturated heterocycles. The van der Waals surface area contributed by atoms with Gasteiger partial charge in [-0.1, -0.05) is 15.3 Å². The summed E-state index contributed by atoms with van der Waals surface area (Å²) in [5.41, 5.74) is 1.26. The molecular formula is C27H32N10O13S3. The number of ketones is 1. The summed E-state index contributed by atoms with van der Waals surface area (Å²) in [7, 11) is -8.80. The molecule has 286 valence electrons. The number of carbonyl (C=O) groups excluding carboxylic acids is 4. The van der Waals surface area contributed by atoms with Gasteiger partial charge in [-0.05, 0) is 26.7 Å². The lowest BCUT2D eigenvalue weighted by molar-refractivity contribution is -0.161. The van der Waals surface area contributed by atoms with E-state index < -0.39 is 103 Å². The summed E-state index contributed by atoms with van der Waals surface area (Å²) < 4.78 is 52.1. The van der Waals surface area contributed by atoms with Crippen LogP contribution in [0.25, 0.3) is 5.70 Å². The zero-order valence-electron chi connectivity index (χ0n) is 27.9. The molecule has 4 heterocycles. The van der Waals surface area contributed by atoms with Crippen LogP contribution in [0, 0.1) is 0 Å². The van der Waals surface area contributed by atoms with Crippen LogP contribution < -0.4 is 21.5 Å². The number of amides is 4. The molecule has 3 atom stereocenters. The molecule has 2 aromatic rings. The number of aliphatic hydroxyl groups excluding tert-OH is 1. The summed E-state index contributed by atoms with van der Waals surface area (Å²) in [6.45, 7) is 5.40. The maximum absolute atomic E-state index is 13.4. The molecule has 0 saturated carbocycles. The highest BCUT2D eigenvalue weighted by atomic mass is 32.2. The summed E-state index contributed by atoms with van der Waals surface area (Å²) in [5, 5.41) is 30.0. The van der Waals surface area contributed by atoms with Crippen LogP contribution >= 0.6 is 11.3 Å². The van der Waals surface area contributed by atoms with Crippen molar-refractivity contribution in [1.29, 1.82) is 0 Å². The fraction of sp³-hybridized carbons (Fsp3) is 0.407. The molecule has 3 unspecified atom stereocenters. The van der Waals surface area contributed by atoms with Crippen molar-refractivity contribution >= 4 is 83.7 Å². The van der Waals surface area contributed by atoms with Gasteiger partial charge >= 0.3 is 27.9 Å². The number of aromatic nitrogens is 4. The van der Waals surface area contributed by atoms with Crippen molar-refractivity contribution in [2.24, 2.45) is 10.1 Å². The van der Waals surface area contributed by atoms with Gasteiger partial charge in [0.15, 0.2) is 28.6 Å². The smallest absolute Gasteiger partial charge is 0.362 e. The Morgan fingerprint density at radius 1 is 1.21 bits per heavy atom. The molecule has 26 heteroatoms. The van der Waals surface area contributed by atoms with Gasteiger partial charge in [-0.2, -0.15) is 8.42 Å². The van der Waals surface area contributed by atoms with Gasteiger partial charge in [-0.3, -0.25) is 28.8 Å². The Morgan fingerprint density at radius 3 is 2.45 bits per heavy atom. The van der Waals surface area contributed by atoms with Crippen LogP contribution in [0.15, 0.2) is 39.1 Å². The third-order valence-electron chi connectivity index (χ3n) is 7.32. The molecule has 0 aromatic carbocycles. The van der Waals surface area contributed by atoms with Gasteiger partial charge in [-0.25, -0.2) is 32.5 Å². The van der Waals surface area contributed by atoms with Crippen LogP contribution in [-0.4, -0.2) is 128 Å². The third-order valence-corrected chi connectivity index (χ3v) is 10.2. The monoisotopic (exact) mass is 800 g/mol. The zero-order chi connectivity index (χ0) is 39.6. The van der Waals surface area contributed by atoms with E-state index in [-0.39, 0.29) is 33.5 Å². The van der Waals surface area contributed by atoms with Crippen LogP contribution in [0.4, 0.5) is 9.93 Å². The molecule has 2 aliphatic rings. The van der Waals surface area contributed by atoms with E-state index in [4.69, 9.17) is 10.6 Å². The predicted octanol–water partition coefficient (Wildman–Crippen LogP) is -2.77. The zero-order valence-corrected chi connectivity index (χ0v) is 30.3. The number of rotatable bonds is 15. The first-order valence-corrected chi connectivity index (χ1v) is 19.3. The van der Waals surface area contributed by atoms with E-state index in [9.17, 15) is 55.8 Å². The van der Waals surface area contributed by atoms with Gasteiger partial charge < -0.3 is 26.1 Å². The summed E-state index contributed by atoms with van der Waals surface area (Å²) in [5.74, 6) is -5.50. The minimum absolute atomic E-state index is 0.00625. The highest BCUT2D eigenvalue weighted by Gasteiger charge is 2.52. The number of carbonyl (C=O) groups is 5. The molecule has 23 nitrogen and oxygen atoms in total. The fourth-order valence-corrected chi connectivity index (χ4v) is 6.69. The number of nitrogen functional groups attached to an aromatic ring is 1. The molecule has 0 spiro atoms. The number of aliphatic imine (C=N–C) groups is 1. The van der Waals surface area contributed by atoms with E-state index in [1.54, 1.807) is 4.72 Å². The molecule has 4 rings (SSSR count). The minimum atomic E-state index is -5.28. The van der Waals surface area contributed by atoms with Crippen molar-refractivity contribution in [2.45, 2.75) is 57.0 Å². The number of urea groups is 1. The van der Waals surface area contributed by atoms with Gasteiger partial charge in [0.2, 0.25) is 5.60 Å². The molecule has 2 aromatic heterocycles. The van der Waals surface area contributed by atoms with Crippen LogP contribution in [0.1, 0.15) is 38.2 Å². The standard InChI is InChI=1S/C27H32N10O13S3/c1-5-7-15-19(31-21(40)18(14-12-51-24(28)30-14)33-50-27(2,3)23(42)43)22(41)36(15)25(44)34-53(48,49)37-26(45)35(8-6-9-52(4,46)47)20(32-37)13-10-16(38)17(39)11-29-13/h5,10-12,15,17,19,39H,1,6-9H2,2-4H3,(H2,28,30)(H,31,40)(H,34,44)(H,42,43). The van der Waals surface area contributed by atoms with E-state index in [0.29, 0.717) is 9.47 Å². The summed E-state index contributed by atoms with van der Waals surface area (Å²) in [6, 6.07) is -4.32. The second-order valence-electron chi connectivity index (χ2n) is 11.8. The topological polar surface area (TPSA) is 334 Å². The molecule has 1 fully saturated rings. The van der Waals surface area contributed by atoms with E-state index >= 15 is 0 Å². The first-order valence-electron chi connectivity index (χ1n) is 15.0. The Bertz CT molecular complexity index is 2250. The Kier molecular flexibility index (Phi) is 11.5. The Balaban J connectivity index is 1.60. The van der Waals surface area contributed by atoms with Crippen LogP contribution in [0.2, 0.25) is 0 Å². The molecular weight excluding hydrogens is 769 g/mol. The molecule has 4 amide bonds. The predicted molar refractivity (Wildman–Crippen MR) is 184 cm³/mol. The lowest BCUT2D eigenvalue weighted by Crippen LogP contribution is -2.74. The van der Waals surface area contributed by atoms with Crippen molar-refractivity contribution in [3.63, 3.8) is 0 Å². The average Bonchev–Trinajstić information content (AvgIpc) is 3.63. The second-order valence-corrected chi connectivity index (χ2v) is 16.5. The number of β-lactam (4-membered cyclic amide) rings is 1. The number of anilines is 1. The number of carboxylic acid groups (broad SMARTS) is 1. The number of sulfone groups is 1. The number of hydrogen-bond acceptors (Lipinski definition) is 18. The Hall–Kier alpha value is -5.60. The van der Waals surface area contributed by atoms with Crippen LogP contribution in [0.3, 0.4) is 0 Å². The van der Waals surface area contributed by atoms with Gasteiger partial charge in [-0.15, -0.1) is 23.0 Å². The van der Waals surface area contributed by atoms with Crippen molar-refractivity contribution in [3.05, 3.63) is 46.1 Å². The number of aliphatic carboxylic acids is 1. The number of oxime groups is 1. The molecule has 2 aliphatic heterocycles. The van der Waals surface area contributed by atoms with Gasteiger partial charge in [0.25, 0.3) is 11.8 Å². The minimum Gasteiger partial charge on any atom is -0.478 e. The maximum atomic E-state index is 13.4. The first kappa shape index (κ1) is 40.2. The highest BCUT2D eigenvalue weighted by molar-refractivity contribution is 7.90. The number of carboxylic acids is 1. The number of nitrogens with one attached hydrogen (secondary N) is 2. The SMILES string of the molecule is C=CCC1C(NC(=O)C(=NOC(C)(C)C(=O)O)c2csc(N)n2)C(=O)N1C(=O)NS(=O)(=O)n1nc(C2=CC(=O)C(O)C=N2)n(CCCS(C)(=O)=O)c1=O. The number of nitrogens with two attached hydrogens (primary N) is 1. The second kappa shape index (κ2) is 15.2. The van der Waals surface area contributed by atoms with Crippen molar-refractivity contribution in [3.8, 4) is 0 Å². The van der Waals surface area contributed by atoms with Crippen molar-refractivity contribution in [1.82, 2.24) is 33.7 Å². The summed E-state index contributed by atoms with van der Waals surface area (Å²) >= 11 is 0.907. The van der Waals surface area contributed by atoms with Gasteiger partial charge in [0.05, 0.1) is 11.8 Å². The van der Waals surface area contributed by atoms with E-state index in [1.807, 2.05) is 0 Å². The molecule has 53 heavy (non-hydrogen) atoms. The summed E-state index contributed by atoms with van der Waals surface area (Å²) in [4.78, 5) is 89.9. The number of hydrogen-bond donors (Lipinski definition) is 5. The number of aliphatic hydroxyl groups is 1. The lowest BCUT2D eigenvalue weighted by Gasteiger charge is -2.44. The molecule has 0 radical (unpaired) electrons. The van der Waals surface area contributed by atoms with E-state index in [1.165, 1.54) is 11.5 Å². The van der Waals surface area contributed by atoms with Gasteiger partial charge in [0, 0.05) is 30.5 Å². The number of thiazole rings is 1. The quantitative estimate of drug-likeness (QED) is 0.0527. The lowest BCUT2D eigenvalue weighted by atomic mass is 9.92. The average molecular weight is 801 g/mol. The highest BCUT2D eigenvalue weighted by Crippen LogP contribution is 2.25. The number of imide groups is 1. The fourth-order valence-electron chi connectivity index (χ4n) is 4.59. The van der Waals surface area contributed by atoms with Crippen molar-refractivity contribution in [2.75, 3.05) is 17.7 Å². The first-order chi connectivity index (χ1) is 24.6. The number of likely N-dealkylation sites (tertiary alicyclic amines) is 1. The molecule has 6 N–H and O–H groups in total. The Labute approximate surface area is 303 Å². The van der Waals surface area contributed by atoms with Crippen LogP contribution in [-0.2, 0) is 50.6 Å². The normalized spacial score (nSPS) is 19.3. The summed E-state index contributed by atoms with van der Waals surface area (Å²) in [6.07, 6.45) is 1.75. The Morgan fingerprint density at radius 2 is 1.89 bits per heavy atom. The van der Waals surface area contributed by atoms with Crippen molar-refractivity contribution < 1.29 is 55.9 Å². The maximum Gasteiger partial charge on any atom is 0.362 e. The van der Waals surface area contributed by atoms with E-state index in [2.05, 4.69) is 32.1 Å². The third kappa shape index (κ3) is 8.90. The van der Waals surface area contributed by atoms with Crippen LogP contribution in [0.5, 0.6) is 0 Å². The number of nitrogens with zero attached hydrogens (tertiary/aromatic N) is 7.